The van der Waals surface area contributed by atoms with Crippen LogP contribution < -0.4 is 0 Å². The summed E-state index contributed by atoms with van der Waals surface area (Å²) in [7, 11) is 0. The molecule has 1 unspecified atom stereocenters. The van der Waals surface area contributed by atoms with E-state index in [9.17, 15) is 4.79 Å². The normalized spacial score (nSPS) is 11.8. The zero-order valence-electron chi connectivity index (χ0n) is 7.55. The van der Waals surface area contributed by atoms with E-state index in [4.69, 9.17) is 5.11 Å². The molecule has 0 aromatic heterocycles. The Morgan fingerprint density at radius 3 is 2.31 bits per heavy atom. The summed E-state index contributed by atoms with van der Waals surface area (Å²) in [4.78, 5) is 10.4. The summed E-state index contributed by atoms with van der Waals surface area (Å²) in [6, 6.07) is 0. The van der Waals surface area contributed by atoms with E-state index in [1.807, 2.05) is 22.6 Å². The second-order valence-electron chi connectivity index (χ2n) is 3.01. The van der Waals surface area contributed by atoms with Gasteiger partial charge in [0.15, 0.2) is 0 Å². The van der Waals surface area contributed by atoms with Gasteiger partial charge in [0.1, 0.15) is 3.92 Å². The Labute approximate surface area is 137 Å². The van der Waals surface area contributed by atoms with Crippen molar-refractivity contribution in [3.05, 3.63) is 0 Å². The second kappa shape index (κ2) is 11.9. The van der Waals surface area contributed by atoms with Gasteiger partial charge in [-0.15, -0.1) is 0 Å². The summed E-state index contributed by atoms with van der Waals surface area (Å²) in [6.07, 6.45) is 6.82. The molecule has 0 aromatic rings. The van der Waals surface area contributed by atoms with Crippen LogP contribution >= 0.6 is 22.6 Å². The van der Waals surface area contributed by atoms with Crippen LogP contribution in [0.3, 0.4) is 0 Å². The maximum atomic E-state index is 10.4. The molecule has 74 valence electrons. The van der Waals surface area contributed by atoms with Gasteiger partial charge in [-0.25, -0.2) is 0 Å². The Kier molecular flexibility index (Phi) is 15.8. The van der Waals surface area contributed by atoms with Crippen LogP contribution in [-0.4, -0.2) is 66.4 Å². The number of carboxylic acids is 1. The summed E-state index contributed by atoms with van der Waals surface area (Å²) in [5.41, 5.74) is 0. The first-order chi connectivity index (χ1) is 5.68. The first kappa shape index (κ1) is 17.2. The van der Waals surface area contributed by atoms with Gasteiger partial charge in [0.25, 0.3) is 0 Å². The van der Waals surface area contributed by atoms with Crippen molar-refractivity contribution in [3.8, 4) is 0 Å². The van der Waals surface area contributed by atoms with Gasteiger partial charge in [0.2, 0.25) is 0 Å². The average molecular weight is 324 g/mol. The molecule has 13 heavy (non-hydrogen) atoms. The van der Waals surface area contributed by atoms with Crippen LogP contribution in [0.4, 0.5) is 0 Å². The van der Waals surface area contributed by atoms with Crippen LogP contribution in [-0.2, 0) is 4.79 Å². The van der Waals surface area contributed by atoms with Crippen molar-refractivity contribution < 1.29 is 9.90 Å². The van der Waals surface area contributed by atoms with E-state index in [1.165, 1.54) is 25.7 Å². The van der Waals surface area contributed by atoms with E-state index in [0.717, 1.165) is 12.8 Å². The summed E-state index contributed by atoms with van der Waals surface area (Å²) >= 11 is 1.99. The molecule has 0 saturated carbocycles. The number of alkyl halides is 1. The number of hydrogen-bond donors (Lipinski definition) is 1. The minimum atomic E-state index is -0.675. The second-order valence-corrected chi connectivity index (χ2v) is 4.51. The Morgan fingerprint density at radius 1 is 1.31 bits per heavy atom. The van der Waals surface area contributed by atoms with E-state index in [0.29, 0.717) is 0 Å². The fraction of sp³-hybridized carbons (Fsp3) is 0.889. The van der Waals surface area contributed by atoms with Gasteiger partial charge in [-0.1, -0.05) is 61.6 Å². The summed E-state index contributed by atoms with van der Waals surface area (Å²) in [6.45, 7) is 2.18. The topological polar surface area (TPSA) is 37.3 Å². The third-order valence-corrected chi connectivity index (χ3v) is 2.98. The van der Waals surface area contributed by atoms with Gasteiger partial charge in [-0.2, -0.15) is 0 Å². The monoisotopic (exact) mass is 324 g/mol. The van der Waals surface area contributed by atoms with Crippen LogP contribution in [0, 0.1) is 0 Å². The fourth-order valence-corrected chi connectivity index (χ4v) is 1.49. The van der Waals surface area contributed by atoms with Gasteiger partial charge in [-0.3, -0.25) is 4.79 Å². The number of unbranched alkanes of at least 4 members (excludes halogenated alkanes) is 4. The van der Waals surface area contributed by atoms with E-state index in [2.05, 4.69) is 6.92 Å². The fourth-order valence-electron chi connectivity index (χ4n) is 1.05. The number of rotatable bonds is 7. The molecule has 0 amide bonds. The van der Waals surface area contributed by atoms with E-state index >= 15 is 0 Å². The first-order valence-electron chi connectivity index (χ1n) is 4.55. The Morgan fingerprint density at radius 2 is 1.85 bits per heavy atom. The predicted octanol–water partition coefficient (Wildman–Crippen LogP) is 2.59. The maximum absolute atomic E-state index is 10.4. The number of hydrogen-bond acceptors (Lipinski definition) is 1. The molecule has 0 heterocycles. The van der Waals surface area contributed by atoms with Crippen molar-refractivity contribution >= 4 is 79.9 Å². The van der Waals surface area contributed by atoms with Crippen LogP contribution in [0.2, 0.25) is 0 Å². The number of carbonyl (C=O) groups is 1. The predicted molar refractivity (Wildman–Crippen MR) is 66.0 cm³/mol. The van der Waals surface area contributed by atoms with Crippen molar-refractivity contribution in [2.24, 2.45) is 0 Å². The molecule has 1 N–H and O–H groups in total. The zero-order chi connectivity index (χ0) is 9.40. The van der Waals surface area contributed by atoms with Gasteiger partial charge in [0, 0.05) is 0 Å². The molecule has 0 radical (unpaired) electrons. The zero-order valence-corrected chi connectivity index (χ0v) is 9.71. The van der Waals surface area contributed by atoms with Crippen LogP contribution in [0.1, 0.15) is 45.4 Å². The Bertz CT molecular complexity index is 131. The molecule has 2 nitrogen and oxygen atoms in total. The third-order valence-electron chi connectivity index (χ3n) is 1.83. The molecule has 0 fully saturated rings. The van der Waals surface area contributed by atoms with Crippen molar-refractivity contribution in [3.63, 3.8) is 0 Å². The van der Waals surface area contributed by atoms with Crippen LogP contribution in [0.25, 0.3) is 0 Å². The SMILES string of the molecule is CCCCCCCC(I)C(=O)O.[KH]. The quantitative estimate of drug-likeness (QED) is 0.338. The summed E-state index contributed by atoms with van der Waals surface area (Å²) in [5.74, 6) is -0.675. The third kappa shape index (κ3) is 11.8. The van der Waals surface area contributed by atoms with Crippen molar-refractivity contribution in [2.75, 3.05) is 0 Å². The number of aliphatic carboxylic acids is 1. The van der Waals surface area contributed by atoms with E-state index in [1.54, 1.807) is 0 Å². The molecule has 0 aliphatic rings. The molecule has 0 aliphatic heterocycles. The van der Waals surface area contributed by atoms with Crippen molar-refractivity contribution in [1.82, 2.24) is 0 Å². The molecule has 0 rings (SSSR count). The summed E-state index contributed by atoms with van der Waals surface area (Å²) in [5, 5.41) is 8.58. The Hall–Kier alpha value is 1.84. The first-order valence-corrected chi connectivity index (χ1v) is 5.80. The molecule has 0 saturated heterocycles. The van der Waals surface area contributed by atoms with Gasteiger partial charge >= 0.3 is 57.4 Å². The number of carboxylic acid groups (broad SMARTS) is 1. The summed E-state index contributed by atoms with van der Waals surface area (Å²) < 4.78 is -0.191. The average Bonchev–Trinajstić information content (AvgIpc) is 2.03. The molecular weight excluding hydrogens is 306 g/mol. The molecule has 0 aliphatic carbocycles. The Balaban J connectivity index is 0. The molecule has 0 aromatic carbocycles. The molecule has 0 bridgehead atoms. The van der Waals surface area contributed by atoms with Crippen molar-refractivity contribution in [1.29, 1.82) is 0 Å². The molecule has 1 atom stereocenters. The molecule has 4 heteroatoms. The van der Waals surface area contributed by atoms with E-state index < -0.39 is 5.97 Å². The van der Waals surface area contributed by atoms with Crippen molar-refractivity contribution in [2.45, 2.75) is 49.4 Å². The molecular formula is C9H18IKO2. The van der Waals surface area contributed by atoms with Crippen LogP contribution in [0.5, 0.6) is 0 Å². The molecule has 0 spiro atoms. The van der Waals surface area contributed by atoms with Gasteiger partial charge < -0.3 is 5.11 Å². The van der Waals surface area contributed by atoms with E-state index in [-0.39, 0.29) is 55.3 Å². The standard InChI is InChI=1S/C9H17IO2.K.H/c1-2-3-4-5-6-7-8(10)9(11)12;;/h8H,2-7H2,1H3,(H,11,12);;. The van der Waals surface area contributed by atoms with Gasteiger partial charge in [0.05, 0.1) is 0 Å². The van der Waals surface area contributed by atoms with Gasteiger partial charge in [-0.05, 0) is 6.42 Å². The number of halogens is 1. The van der Waals surface area contributed by atoms with Crippen LogP contribution in [0.15, 0.2) is 0 Å². The minimum absolute atomic E-state index is 0.